The molecule has 1 aromatic heterocycles. The van der Waals surface area contributed by atoms with Crippen molar-refractivity contribution in [2.45, 2.75) is 25.2 Å². The van der Waals surface area contributed by atoms with Crippen molar-refractivity contribution in [1.82, 2.24) is 5.32 Å². The standard InChI is InChI=1S/C10H14FNS/c1-12-6-7-3-2-4-9-8(7)5-10(11)13-9/h5,7,12H,2-4,6H2,1H3. The van der Waals surface area contributed by atoms with Crippen LogP contribution in [0.2, 0.25) is 0 Å². The molecule has 0 aliphatic heterocycles. The van der Waals surface area contributed by atoms with Crippen molar-refractivity contribution in [1.29, 1.82) is 0 Å². The number of fused-ring (bicyclic) bond motifs is 1. The minimum Gasteiger partial charge on any atom is -0.319 e. The first-order valence-electron chi connectivity index (χ1n) is 4.74. The van der Waals surface area contributed by atoms with Crippen molar-refractivity contribution >= 4 is 11.3 Å². The molecule has 1 heterocycles. The molecule has 13 heavy (non-hydrogen) atoms. The van der Waals surface area contributed by atoms with E-state index in [4.69, 9.17) is 0 Å². The summed E-state index contributed by atoms with van der Waals surface area (Å²) in [6.07, 6.45) is 3.48. The van der Waals surface area contributed by atoms with Gasteiger partial charge >= 0.3 is 0 Å². The molecule has 1 aromatic rings. The lowest BCUT2D eigenvalue weighted by Crippen LogP contribution is -2.20. The minimum atomic E-state index is -0.0204. The van der Waals surface area contributed by atoms with Gasteiger partial charge in [0, 0.05) is 11.4 Å². The van der Waals surface area contributed by atoms with Crippen LogP contribution in [0.15, 0.2) is 6.07 Å². The monoisotopic (exact) mass is 199 g/mol. The third-order valence-corrected chi connectivity index (χ3v) is 3.66. The van der Waals surface area contributed by atoms with Crippen LogP contribution >= 0.6 is 11.3 Å². The van der Waals surface area contributed by atoms with Crippen LogP contribution in [0.1, 0.15) is 29.2 Å². The van der Waals surface area contributed by atoms with Crippen LogP contribution < -0.4 is 5.32 Å². The number of aryl methyl sites for hydroxylation is 1. The van der Waals surface area contributed by atoms with Gasteiger partial charge in [0.1, 0.15) is 0 Å². The predicted molar refractivity (Wildman–Crippen MR) is 53.9 cm³/mol. The summed E-state index contributed by atoms with van der Waals surface area (Å²) in [7, 11) is 1.96. The Hall–Kier alpha value is -0.410. The SMILES string of the molecule is CNCC1CCCc2sc(F)cc21. The van der Waals surface area contributed by atoms with E-state index in [1.165, 1.54) is 34.6 Å². The third-order valence-electron chi connectivity index (χ3n) is 2.66. The second-order valence-electron chi connectivity index (χ2n) is 3.58. The number of likely N-dealkylation sites (N-methyl/N-ethyl adjacent to an activating group) is 1. The first-order valence-corrected chi connectivity index (χ1v) is 5.55. The maximum Gasteiger partial charge on any atom is 0.176 e. The Balaban J connectivity index is 2.25. The van der Waals surface area contributed by atoms with Gasteiger partial charge in [-0.1, -0.05) is 0 Å². The van der Waals surface area contributed by atoms with Crippen LogP contribution in [0.4, 0.5) is 4.39 Å². The Kier molecular flexibility index (Phi) is 2.65. The molecule has 1 nitrogen and oxygen atoms in total. The largest absolute Gasteiger partial charge is 0.319 e. The highest BCUT2D eigenvalue weighted by atomic mass is 32.1. The maximum absolute atomic E-state index is 13.0. The van der Waals surface area contributed by atoms with E-state index in [1.807, 2.05) is 7.05 Å². The average Bonchev–Trinajstić information content (AvgIpc) is 2.47. The van der Waals surface area contributed by atoms with Crippen molar-refractivity contribution in [3.05, 3.63) is 21.6 Å². The van der Waals surface area contributed by atoms with Gasteiger partial charge in [0.2, 0.25) is 0 Å². The zero-order valence-electron chi connectivity index (χ0n) is 7.77. The summed E-state index contributed by atoms with van der Waals surface area (Å²) in [5.74, 6) is 0.537. The lowest BCUT2D eigenvalue weighted by molar-refractivity contribution is 0.533. The highest BCUT2D eigenvalue weighted by Gasteiger charge is 2.22. The number of hydrogen-bond acceptors (Lipinski definition) is 2. The van der Waals surface area contributed by atoms with E-state index in [0.29, 0.717) is 5.92 Å². The number of thiophene rings is 1. The highest BCUT2D eigenvalue weighted by Crippen LogP contribution is 2.35. The van der Waals surface area contributed by atoms with Crippen LogP contribution in [-0.4, -0.2) is 13.6 Å². The molecule has 1 N–H and O–H groups in total. The molecule has 0 spiro atoms. The molecule has 1 atom stereocenters. The van der Waals surface area contributed by atoms with E-state index in [9.17, 15) is 4.39 Å². The summed E-state index contributed by atoms with van der Waals surface area (Å²) in [6, 6.07) is 1.72. The van der Waals surface area contributed by atoms with Crippen molar-refractivity contribution in [3.63, 3.8) is 0 Å². The van der Waals surface area contributed by atoms with Crippen molar-refractivity contribution in [2.75, 3.05) is 13.6 Å². The summed E-state index contributed by atoms with van der Waals surface area (Å²) >= 11 is 1.33. The van der Waals surface area contributed by atoms with Gasteiger partial charge in [0.15, 0.2) is 5.13 Å². The Bertz CT molecular complexity index is 295. The van der Waals surface area contributed by atoms with Crippen LogP contribution in [0.25, 0.3) is 0 Å². The molecule has 72 valence electrons. The molecule has 1 aliphatic rings. The van der Waals surface area contributed by atoms with Gasteiger partial charge in [0.25, 0.3) is 0 Å². The van der Waals surface area contributed by atoms with Crippen LogP contribution in [0.3, 0.4) is 0 Å². The predicted octanol–water partition coefficient (Wildman–Crippen LogP) is 2.53. The first-order chi connectivity index (χ1) is 6.31. The van der Waals surface area contributed by atoms with Gasteiger partial charge < -0.3 is 5.32 Å². The first kappa shape index (κ1) is 9.16. The van der Waals surface area contributed by atoms with E-state index in [0.717, 1.165) is 13.0 Å². The van der Waals surface area contributed by atoms with Crippen LogP contribution in [-0.2, 0) is 6.42 Å². The van der Waals surface area contributed by atoms with Gasteiger partial charge in [-0.3, -0.25) is 0 Å². The van der Waals surface area contributed by atoms with E-state index in [2.05, 4.69) is 5.32 Å². The van der Waals surface area contributed by atoms with Crippen molar-refractivity contribution in [3.8, 4) is 0 Å². The van der Waals surface area contributed by atoms with Gasteiger partial charge in [-0.05, 0) is 43.9 Å². The number of hydrogen-bond donors (Lipinski definition) is 1. The van der Waals surface area contributed by atoms with Gasteiger partial charge in [-0.25, -0.2) is 0 Å². The molecule has 2 rings (SSSR count). The quantitative estimate of drug-likeness (QED) is 0.771. The highest BCUT2D eigenvalue weighted by molar-refractivity contribution is 7.10. The summed E-state index contributed by atoms with van der Waals surface area (Å²) in [5.41, 5.74) is 1.25. The van der Waals surface area contributed by atoms with Crippen LogP contribution in [0, 0.1) is 5.13 Å². The summed E-state index contributed by atoms with van der Waals surface area (Å²) in [4.78, 5) is 1.27. The summed E-state index contributed by atoms with van der Waals surface area (Å²) in [5, 5.41) is 3.15. The molecular formula is C10H14FNS. The molecule has 0 radical (unpaired) electrons. The second kappa shape index (κ2) is 3.76. The normalized spacial score (nSPS) is 21.5. The molecule has 1 unspecified atom stereocenters. The fraction of sp³-hybridized carbons (Fsp3) is 0.600. The number of nitrogens with one attached hydrogen (secondary N) is 1. The van der Waals surface area contributed by atoms with Crippen molar-refractivity contribution < 1.29 is 4.39 Å². The van der Waals surface area contributed by atoms with E-state index in [-0.39, 0.29) is 5.13 Å². The lowest BCUT2D eigenvalue weighted by Gasteiger charge is -2.21. The number of halogens is 1. The molecule has 0 fully saturated rings. The molecule has 0 bridgehead atoms. The molecule has 0 saturated heterocycles. The summed E-state index contributed by atoms with van der Waals surface area (Å²) < 4.78 is 13.0. The smallest absolute Gasteiger partial charge is 0.176 e. The Morgan fingerprint density at radius 1 is 1.69 bits per heavy atom. The average molecular weight is 199 g/mol. The fourth-order valence-electron chi connectivity index (χ4n) is 2.07. The second-order valence-corrected chi connectivity index (χ2v) is 4.66. The lowest BCUT2D eigenvalue weighted by atomic mass is 9.88. The van der Waals surface area contributed by atoms with E-state index < -0.39 is 0 Å². The Morgan fingerprint density at radius 3 is 3.31 bits per heavy atom. The molecule has 3 heteroatoms. The summed E-state index contributed by atoms with van der Waals surface area (Å²) in [6.45, 7) is 0.975. The Morgan fingerprint density at radius 2 is 2.54 bits per heavy atom. The van der Waals surface area contributed by atoms with Crippen molar-refractivity contribution in [2.24, 2.45) is 0 Å². The minimum absolute atomic E-state index is 0.0204. The zero-order valence-corrected chi connectivity index (χ0v) is 8.59. The van der Waals surface area contributed by atoms with Crippen LogP contribution in [0.5, 0.6) is 0 Å². The molecule has 1 aliphatic carbocycles. The van der Waals surface area contributed by atoms with Gasteiger partial charge in [-0.2, -0.15) is 4.39 Å². The molecule has 0 amide bonds. The number of rotatable bonds is 2. The third kappa shape index (κ3) is 1.76. The van der Waals surface area contributed by atoms with Gasteiger partial charge in [0.05, 0.1) is 0 Å². The molecular weight excluding hydrogens is 185 g/mol. The van der Waals surface area contributed by atoms with E-state index in [1.54, 1.807) is 6.07 Å². The Labute approximate surface area is 82.0 Å². The fourth-order valence-corrected chi connectivity index (χ4v) is 3.08. The van der Waals surface area contributed by atoms with Gasteiger partial charge in [-0.15, -0.1) is 11.3 Å². The zero-order chi connectivity index (χ0) is 9.26. The maximum atomic E-state index is 13.0. The van der Waals surface area contributed by atoms with E-state index >= 15 is 0 Å². The molecule has 0 saturated carbocycles. The topological polar surface area (TPSA) is 12.0 Å². The molecule has 0 aromatic carbocycles.